The Kier molecular flexibility index (Phi) is 4.09. The largest absolute Gasteiger partial charge is 0.544 e. The first-order valence-corrected chi connectivity index (χ1v) is 4.55. The fraction of sp³-hybridized carbons (Fsp3) is 0.800. The van der Waals surface area contributed by atoms with Gasteiger partial charge in [0.1, 0.15) is 0 Å². The van der Waals surface area contributed by atoms with Gasteiger partial charge >= 0.3 is 17.5 Å². The minimum atomic E-state index is -2.63. The van der Waals surface area contributed by atoms with Crippen LogP contribution in [-0.4, -0.2) is 46.3 Å². The van der Waals surface area contributed by atoms with Gasteiger partial charge < -0.3 is 13.8 Å². The number of nitrogens with zero attached hydrogens (tertiary/aromatic N) is 1. The zero-order valence-electron chi connectivity index (χ0n) is 6.67. The summed E-state index contributed by atoms with van der Waals surface area (Å²) in [6.07, 6.45) is -1.19. The minimum Gasteiger partial charge on any atom is -0.379 e. The maximum absolute atomic E-state index is 10.6. The minimum absolute atomic E-state index is 0.424. The van der Waals surface area contributed by atoms with E-state index in [2.05, 4.69) is 9.02 Å². The van der Waals surface area contributed by atoms with Crippen molar-refractivity contribution in [3.8, 4) is 0 Å². The summed E-state index contributed by atoms with van der Waals surface area (Å²) in [5.74, 6) is 0. The van der Waals surface area contributed by atoms with Crippen LogP contribution in [0, 0.1) is 0 Å². The number of morpholine rings is 1. The highest BCUT2D eigenvalue weighted by Gasteiger charge is 2.17. The molecule has 0 aromatic carbocycles. The van der Waals surface area contributed by atoms with Crippen molar-refractivity contribution in [2.75, 3.05) is 26.3 Å². The molecule has 0 aliphatic carbocycles. The Labute approximate surface area is 77.0 Å². The molecule has 0 aromatic rings. The van der Waals surface area contributed by atoms with Crippen LogP contribution in [0.25, 0.3) is 0 Å². The second kappa shape index (κ2) is 5.12. The highest BCUT2D eigenvalue weighted by atomic mass is 32.2. The van der Waals surface area contributed by atoms with Crippen molar-refractivity contribution in [2.45, 2.75) is 0 Å². The molecule has 0 amide bonds. The van der Waals surface area contributed by atoms with Crippen molar-refractivity contribution in [2.24, 2.45) is 0 Å². The summed E-state index contributed by atoms with van der Waals surface area (Å²) in [7, 11) is 0. The van der Waals surface area contributed by atoms with Crippen LogP contribution in [0.1, 0.15) is 0 Å². The van der Waals surface area contributed by atoms with E-state index in [1.54, 1.807) is 0 Å². The van der Waals surface area contributed by atoms with Gasteiger partial charge in [0.25, 0.3) is 0 Å². The van der Waals surface area contributed by atoms with Crippen LogP contribution in [0.2, 0.25) is 0 Å². The third-order valence-corrected chi connectivity index (χ3v) is 1.59. The monoisotopic (exact) mass is 211 g/mol. The Morgan fingerprint density at radius 2 is 2.08 bits per heavy atom. The van der Waals surface area contributed by atoms with Gasteiger partial charge in [-0.15, -0.1) is 5.06 Å². The number of hydroxylamine groups is 2. The molecule has 1 saturated heterocycles. The quantitative estimate of drug-likeness (QED) is 0.617. The van der Waals surface area contributed by atoms with Gasteiger partial charge in [-0.05, 0) is 0 Å². The molecule has 1 N–H and O–H groups in total. The van der Waals surface area contributed by atoms with Crippen LogP contribution in [0.5, 0.6) is 0 Å². The van der Waals surface area contributed by atoms with Crippen molar-refractivity contribution in [3.05, 3.63) is 0 Å². The third kappa shape index (κ3) is 4.18. The fourth-order valence-electron chi connectivity index (χ4n) is 0.817. The van der Waals surface area contributed by atoms with Gasteiger partial charge in [0, 0.05) is 0 Å². The summed E-state index contributed by atoms with van der Waals surface area (Å²) in [6.45, 7) is 1.76. The van der Waals surface area contributed by atoms with E-state index in [1.807, 2.05) is 0 Å². The molecular weight excluding hydrogens is 202 g/mol. The van der Waals surface area contributed by atoms with Gasteiger partial charge in [0.15, 0.2) is 0 Å². The highest BCUT2D eigenvalue weighted by molar-refractivity contribution is 7.74. The third-order valence-electron chi connectivity index (χ3n) is 1.31. The average molecular weight is 211 g/mol. The molecule has 8 heteroatoms. The Morgan fingerprint density at radius 3 is 2.62 bits per heavy atom. The maximum Gasteiger partial charge on any atom is 0.544 e. The number of carbonyl (C=O) groups is 1. The van der Waals surface area contributed by atoms with Gasteiger partial charge in [0.05, 0.1) is 26.3 Å². The van der Waals surface area contributed by atoms with Crippen LogP contribution in [0.15, 0.2) is 0 Å². The van der Waals surface area contributed by atoms with Crippen molar-refractivity contribution in [1.29, 1.82) is 0 Å². The second-order valence-corrected chi connectivity index (χ2v) is 2.78. The summed E-state index contributed by atoms with van der Waals surface area (Å²) in [5.41, 5.74) is 0. The van der Waals surface area contributed by atoms with Crippen molar-refractivity contribution >= 4 is 17.5 Å². The van der Waals surface area contributed by atoms with Crippen molar-refractivity contribution < 1.29 is 27.3 Å². The molecule has 7 nitrogen and oxygen atoms in total. The molecule has 0 aromatic heterocycles. The van der Waals surface area contributed by atoms with E-state index in [0.29, 0.717) is 26.3 Å². The Hall–Kier alpha value is -0.700. The zero-order valence-corrected chi connectivity index (χ0v) is 7.49. The number of hydrogen-bond acceptors (Lipinski definition) is 6. The first-order valence-electron chi connectivity index (χ1n) is 3.52. The number of ether oxygens (including phenoxy) is 1. The van der Waals surface area contributed by atoms with Crippen LogP contribution in [0.4, 0.5) is 4.79 Å². The average Bonchev–Trinajstić information content (AvgIpc) is 2.04. The SMILES string of the molecule is O=C(ON1CCOCC1)OS(=O)O. The number of carbonyl (C=O) groups excluding carboxylic acids is 1. The predicted molar refractivity (Wildman–Crippen MR) is 40.7 cm³/mol. The summed E-state index contributed by atoms with van der Waals surface area (Å²) in [6, 6.07) is 0. The molecule has 13 heavy (non-hydrogen) atoms. The Morgan fingerprint density at radius 1 is 1.46 bits per heavy atom. The standard InChI is InChI=1S/C5H9NO6S/c7-5(12-13(8)9)11-6-1-3-10-4-2-6/h1-4H2,(H,8,9). The molecule has 0 radical (unpaired) electrons. The lowest BCUT2D eigenvalue weighted by atomic mass is 10.5. The molecular formula is C5H9NO6S. The lowest BCUT2D eigenvalue weighted by molar-refractivity contribution is -0.156. The van der Waals surface area contributed by atoms with E-state index in [9.17, 15) is 9.00 Å². The molecule has 1 aliphatic rings. The molecule has 1 heterocycles. The molecule has 1 rings (SSSR count). The van der Waals surface area contributed by atoms with E-state index < -0.39 is 17.5 Å². The van der Waals surface area contributed by atoms with Gasteiger partial charge in [-0.3, -0.25) is 4.55 Å². The predicted octanol–water partition coefficient (Wildman–Crippen LogP) is -0.476. The number of hydrogen-bond donors (Lipinski definition) is 1. The summed E-state index contributed by atoms with van der Waals surface area (Å²) in [4.78, 5) is 15.2. The van der Waals surface area contributed by atoms with Crippen LogP contribution in [-0.2, 0) is 25.1 Å². The Bertz CT molecular complexity index is 203. The summed E-state index contributed by atoms with van der Waals surface area (Å²) >= 11 is -2.63. The maximum atomic E-state index is 10.6. The summed E-state index contributed by atoms with van der Waals surface area (Å²) in [5, 5.41) is 1.30. The van der Waals surface area contributed by atoms with Crippen molar-refractivity contribution in [1.82, 2.24) is 5.06 Å². The van der Waals surface area contributed by atoms with E-state index in [-0.39, 0.29) is 0 Å². The summed E-state index contributed by atoms with van der Waals surface area (Å²) < 4.78 is 27.0. The molecule has 1 atom stereocenters. The van der Waals surface area contributed by atoms with Crippen LogP contribution in [0.3, 0.4) is 0 Å². The molecule has 0 saturated carbocycles. The first-order chi connectivity index (χ1) is 6.18. The smallest absolute Gasteiger partial charge is 0.379 e. The highest BCUT2D eigenvalue weighted by Crippen LogP contribution is 1.99. The molecule has 0 spiro atoms. The normalized spacial score (nSPS) is 20.7. The number of rotatable bonds is 2. The van der Waals surface area contributed by atoms with Crippen LogP contribution >= 0.6 is 0 Å². The lowest BCUT2D eigenvalue weighted by Crippen LogP contribution is -2.38. The molecule has 1 unspecified atom stereocenters. The molecule has 1 aliphatic heterocycles. The molecule has 76 valence electrons. The molecule has 1 fully saturated rings. The lowest BCUT2D eigenvalue weighted by Gasteiger charge is -2.23. The van der Waals surface area contributed by atoms with Gasteiger partial charge in [-0.25, -0.2) is 4.79 Å². The van der Waals surface area contributed by atoms with E-state index in [1.165, 1.54) is 5.06 Å². The van der Waals surface area contributed by atoms with Crippen LogP contribution < -0.4 is 0 Å². The molecule has 0 bridgehead atoms. The van der Waals surface area contributed by atoms with E-state index in [0.717, 1.165) is 0 Å². The van der Waals surface area contributed by atoms with Crippen molar-refractivity contribution in [3.63, 3.8) is 0 Å². The van der Waals surface area contributed by atoms with Gasteiger partial charge in [-0.1, -0.05) is 0 Å². The van der Waals surface area contributed by atoms with Gasteiger partial charge in [0.2, 0.25) is 0 Å². The Balaban J connectivity index is 2.22. The van der Waals surface area contributed by atoms with E-state index in [4.69, 9.17) is 9.29 Å². The van der Waals surface area contributed by atoms with Gasteiger partial charge in [-0.2, -0.15) is 4.21 Å². The first kappa shape index (κ1) is 10.4. The topological polar surface area (TPSA) is 85.3 Å². The fourth-order valence-corrected chi connectivity index (χ4v) is 0.964. The second-order valence-electron chi connectivity index (χ2n) is 2.18. The van der Waals surface area contributed by atoms with E-state index >= 15 is 0 Å². The zero-order chi connectivity index (χ0) is 9.68.